The molecule has 1 saturated carbocycles. The summed E-state index contributed by atoms with van der Waals surface area (Å²) in [4.78, 5) is 18.2. The average molecular weight is 455 g/mol. The lowest BCUT2D eigenvalue weighted by Crippen LogP contribution is -2.48. The molecule has 172 valence electrons. The maximum Gasteiger partial charge on any atom is 0.254 e. The van der Waals surface area contributed by atoms with Crippen LogP contribution in [-0.4, -0.2) is 62.6 Å². The van der Waals surface area contributed by atoms with Crippen LogP contribution in [0, 0.1) is 5.92 Å². The zero-order valence-electron chi connectivity index (χ0n) is 18.9. The molecule has 2 aliphatic rings. The number of aryl methyl sites for hydroxylation is 1. The third-order valence-corrected chi connectivity index (χ3v) is 7.85. The van der Waals surface area contributed by atoms with E-state index in [-0.39, 0.29) is 16.8 Å². The zero-order valence-corrected chi connectivity index (χ0v) is 19.8. The first-order valence-electron chi connectivity index (χ1n) is 11.8. The van der Waals surface area contributed by atoms with E-state index >= 15 is 0 Å². The van der Waals surface area contributed by atoms with Gasteiger partial charge in [-0.15, -0.1) is 0 Å². The van der Waals surface area contributed by atoms with Gasteiger partial charge in [-0.3, -0.25) is 4.79 Å². The minimum absolute atomic E-state index is 0.0412. The first-order valence-corrected chi connectivity index (χ1v) is 13.7. The Hall–Kier alpha value is -2.18. The summed E-state index contributed by atoms with van der Waals surface area (Å²) in [6.07, 6.45) is 7.88. The van der Waals surface area contributed by atoms with Crippen LogP contribution in [0.2, 0.25) is 0 Å². The van der Waals surface area contributed by atoms with Crippen LogP contribution < -0.4 is 0 Å². The second-order valence-electron chi connectivity index (χ2n) is 9.36. The fraction of sp³-hybridized carbons (Fsp3) is 0.500. The normalized spacial score (nSPS) is 17.9. The van der Waals surface area contributed by atoms with E-state index < -0.39 is 9.84 Å². The van der Waals surface area contributed by atoms with Crippen molar-refractivity contribution in [2.45, 2.75) is 49.5 Å². The van der Waals surface area contributed by atoms with Crippen molar-refractivity contribution in [2.75, 3.05) is 32.4 Å². The SMILES string of the molecule is CS(=O)(=O)c1ccc(C(=O)N(CC2CC2)C2CCN(CCCc3ccccc3)CC2)cc1. The smallest absolute Gasteiger partial charge is 0.254 e. The van der Waals surface area contributed by atoms with Crippen LogP contribution in [0.3, 0.4) is 0 Å². The van der Waals surface area contributed by atoms with Crippen LogP contribution in [0.15, 0.2) is 59.5 Å². The first kappa shape index (κ1) is 23.0. The van der Waals surface area contributed by atoms with Crippen LogP contribution in [0.25, 0.3) is 0 Å². The molecule has 5 nitrogen and oxygen atoms in total. The molecule has 2 fully saturated rings. The van der Waals surface area contributed by atoms with Crippen LogP contribution in [0.4, 0.5) is 0 Å². The number of rotatable bonds is 9. The highest BCUT2D eigenvalue weighted by atomic mass is 32.2. The third-order valence-electron chi connectivity index (χ3n) is 6.72. The van der Waals surface area contributed by atoms with Gasteiger partial charge in [0.1, 0.15) is 0 Å². The highest BCUT2D eigenvalue weighted by molar-refractivity contribution is 7.90. The Bertz CT molecular complexity index is 993. The Labute approximate surface area is 192 Å². The summed E-state index contributed by atoms with van der Waals surface area (Å²) in [7, 11) is -3.26. The van der Waals surface area contributed by atoms with Gasteiger partial charge in [0.25, 0.3) is 5.91 Å². The van der Waals surface area contributed by atoms with E-state index in [2.05, 4.69) is 40.1 Å². The maximum absolute atomic E-state index is 13.3. The summed E-state index contributed by atoms with van der Waals surface area (Å²) in [5.41, 5.74) is 1.98. The van der Waals surface area contributed by atoms with Crippen LogP contribution >= 0.6 is 0 Å². The summed E-state index contributed by atoms with van der Waals surface area (Å²) in [5.74, 6) is 0.664. The number of hydrogen-bond donors (Lipinski definition) is 0. The Morgan fingerprint density at radius 1 is 0.969 bits per heavy atom. The molecule has 0 radical (unpaired) electrons. The van der Waals surface area contributed by atoms with Gasteiger partial charge in [0.05, 0.1) is 4.90 Å². The van der Waals surface area contributed by atoms with Crippen molar-refractivity contribution in [1.82, 2.24) is 9.80 Å². The molecular weight excluding hydrogens is 420 g/mol. The number of benzene rings is 2. The van der Waals surface area contributed by atoms with E-state index in [0.29, 0.717) is 11.5 Å². The quantitative estimate of drug-likeness (QED) is 0.574. The molecule has 0 atom stereocenters. The fourth-order valence-electron chi connectivity index (χ4n) is 4.59. The van der Waals surface area contributed by atoms with Gasteiger partial charge in [-0.05, 0) is 80.8 Å². The number of piperidine rings is 1. The Balaban J connectivity index is 1.33. The van der Waals surface area contributed by atoms with Crippen molar-refractivity contribution >= 4 is 15.7 Å². The van der Waals surface area contributed by atoms with Gasteiger partial charge < -0.3 is 9.80 Å². The van der Waals surface area contributed by atoms with Gasteiger partial charge in [-0.25, -0.2) is 8.42 Å². The van der Waals surface area contributed by atoms with Crippen LogP contribution in [-0.2, 0) is 16.3 Å². The number of likely N-dealkylation sites (tertiary alicyclic amines) is 1. The molecule has 0 unspecified atom stereocenters. The summed E-state index contributed by atoms with van der Waals surface area (Å²) < 4.78 is 23.5. The molecule has 2 aromatic carbocycles. The number of carbonyl (C=O) groups is 1. The standard InChI is InChI=1S/C26H34N2O3S/c1-32(30,31)25-13-11-23(12-14-25)26(29)28(20-22-9-10-22)24-15-18-27(19-16-24)17-5-8-21-6-3-2-4-7-21/h2-4,6-7,11-14,22,24H,5,8-10,15-20H2,1H3. The van der Waals surface area contributed by atoms with Gasteiger partial charge in [0.2, 0.25) is 0 Å². The molecule has 1 heterocycles. The molecule has 0 N–H and O–H groups in total. The Kier molecular flexibility index (Phi) is 7.31. The van der Waals surface area contributed by atoms with E-state index in [9.17, 15) is 13.2 Å². The topological polar surface area (TPSA) is 57.7 Å². The number of sulfone groups is 1. The summed E-state index contributed by atoms with van der Waals surface area (Å²) in [5, 5.41) is 0. The first-order chi connectivity index (χ1) is 15.4. The summed E-state index contributed by atoms with van der Waals surface area (Å²) in [6, 6.07) is 17.3. The average Bonchev–Trinajstić information content (AvgIpc) is 3.62. The highest BCUT2D eigenvalue weighted by Crippen LogP contribution is 2.32. The predicted octanol–water partition coefficient (Wildman–Crippen LogP) is 4.04. The van der Waals surface area contributed by atoms with Crippen molar-refractivity contribution in [3.05, 3.63) is 65.7 Å². The van der Waals surface area contributed by atoms with Gasteiger partial charge in [0, 0.05) is 37.5 Å². The molecule has 0 aromatic heterocycles. The number of hydrogen-bond acceptors (Lipinski definition) is 4. The van der Waals surface area contributed by atoms with Crippen molar-refractivity contribution in [3.63, 3.8) is 0 Å². The van der Waals surface area contributed by atoms with Crippen LogP contribution in [0.1, 0.15) is 48.0 Å². The number of carbonyl (C=O) groups excluding carboxylic acids is 1. The molecular formula is C26H34N2O3S. The van der Waals surface area contributed by atoms with Gasteiger partial charge in [0.15, 0.2) is 9.84 Å². The minimum Gasteiger partial charge on any atom is -0.335 e. The van der Waals surface area contributed by atoms with E-state index in [1.54, 1.807) is 24.3 Å². The second kappa shape index (κ2) is 10.2. The van der Waals surface area contributed by atoms with E-state index in [4.69, 9.17) is 0 Å². The predicted molar refractivity (Wildman–Crippen MR) is 128 cm³/mol. The minimum atomic E-state index is -3.26. The highest BCUT2D eigenvalue weighted by Gasteiger charge is 2.33. The largest absolute Gasteiger partial charge is 0.335 e. The molecule has 1 amide bonds. The lowest BCUT2D eigenvalue weighted by atomic mass is 10.0. The summed E-state index contributed by atoms with van der Waals surface area (Å²) in [6.45, 7) is 3.98. The second-order valence-corrected chi connectivity index (χ2v) is 11.4. The van der Waals surface area contributed by atoms with E-state index in [1.807, 2.05) is 0 Å². The third kappa shape index (κ3) is 6.20. The lowest BCUT2D eigenvalue weighted by Gasteiger charge is -2.39. The fourth-order valence-corrected chi connectivity index (χ4v) is 5.22. The molecule has 1 saturated heterocycles. The molecule has 4 rings (SSSR count). The molecule has 1 aliphatic carbocycles. The number of amides is 1. The Morgan fingerprint density at radius 2 is 1.62 bits per heavy atom. The molecule has 2 aromatic rings. The van der Waals surface area contributed by atoms with E-state index in [0.717, 1.165) is 51.9 Å². The Morgan fingerprint density at radius 3 is 2.22 bits per heavy atom. The van der Waals surface area contributed by atoms with Crippen molar-refractivity contribution in [1.29, 1.82) is 0 Å². The number of nitrogens with zero attached hydrogens (tertiary/aromatic N) is 2. The monoisotopic (exact) mass is 454 g/mol. The molecule has 32 heavy (non-hydrogen) atoms. The molecule has 1 aliphatic heterocycles. The van der Waals surface area contributed by atoms with Crippen molar-refractivity contribution in [2.24, 2.45) is 5.92 Å². The van der Waals surface area contributed by atoms with Gasteiger partial charge in [-0.1, -0.05) is 30.3 Å². The molecule has 0 spiro atoms. The van der Waals surface area contributed by atoms with E-state index in [1.165, 1.54) is 24.7 Å². The molecule has 0 bridgehead atoms. The van der Waals surface area contributed by atoms with Crippen molar-refractivity contribution < 1.29 is 13.2 Å². The maximum atomic E-state index is 13.3. The van der Waals surface area contributed by atoms with Gasteiger partial charge in [-0.2, -0.15) is 0 Å². The lowest BCUT2D eigenvalue weighted by molar-refractivity contribution is 0.0558. The summed E-state index contributed by atoms with van der Waals surface area (Å²) >= 11 is 0. The zero-order chi connectivity index (χ0) is 22.6. The van der Waals surface area contributed by atoms with Crippen molar-refractivity contribution in [3.8, 4) is 0 Å². The van der Waals surface area contributed by atoms with Crippen LogP contribution in [0.5, 0.6) is 0 Å². The van der Waals surface area contributed by atoms with Gasteiger partial charge >= 0.3 is 0 Å². The molecule has 6 heteroatoms.